The summed E-state index contributed by atoms with van der Waals surface area (Å²) in [6, 6.07) is 12.1. The third-order valence-electron chi connectivity index (χ3n) is 2.81. The zero-order valence-corrected chi connectivity index (χ0v) is 13.1. The lowest BCUT2D eigenvalue weighted by Crippen LogP contribution is -1.94. The number of carbonyl (C=O) groups excluding carboxylic acids is 1. The van der Waals surface area contributed by atoms with Gasteiger partial charge in [0.1, 0.15) is 17.2 Å². The van der Waals surface area contributed by atoms with Crippen molar-refractivity contribution in [1.29, 1.82) is 5.26 Å². The Hall–Kier alpha value is -2.32. The van der Waals surface area contributed by atoms with Gasteiger partial charge in [0.25, 0.3) is 0 Å². The fourth-order valence-corrected chi connectivity index (χ4v) is 2.20. The van der Waals surface area contributed by atoms with Crippen molar-refractivity contribution in [3.8, 4) is 23.3 Å². The monoisotopic (exact) mass is 345 g/mol. The van der Waals surface area contributed by atoms with Gasteiger partial charge in [-0.1, -0.05) is 0 Å². The van der Waals surface area contributed by atoms with E-state index in [9.17, 15) is 4.79 Å². The summed E-state index contributed by atoms with van der Waals surface area (Å²) < 4.78 is 11.5. The van der Waals surface area contributed by atoms with E-state index in [1.54, 1.807) is 36.4 Å². The summed E-state index contributed by atoms with van der Waals surface area (Å²) in [6.07, 6.45) is 0. The number of nitriles is 1. The van der Waals surface area contributed by atoms with Crippen LogP contribution in [-0.2, 0) is 0 Å². The maximum absolute atomic E-state index is 11.3. The summed E-state index contributed by atoms with van der Waals surface area (Å²) >= 11 is 3.37. The van der Waals surface area contributed by atoms with Gasteiger partial charge in [0.2, 0.25) is 0 Å². The Morgan fingerprint density at radius 1 is 1.19 bits per heavy atom. The molecule has 0 heterocycles. The molecule has 0 saturated heterocycles. The van der Waals surface area contributed by atoms with Crippen LogP contribution in [-0.4, -0.2) is 12.9 Å². The predicted molar refractivity (Wildman–Crippen MR) is 81.9 cm³/mol. The number of benzene rings is 2. The van der Waals surface area contributed by atoms with Gasteiger partial charge in [0, 0.05) is 11.6 Å². The van der Waals surface area contributed by atoms with Gasteiger partial charge in [0.15, 0.2) is 5.78 Å². The molecule has 0 saturated carbocycles. The lowest BCUT2D eigenvalue weighted by atomic mass is 10.1. The molecular weight excluding hydrogens is 334 g/mol. The first-order valence-electron chi connectivity index (χ1n) is 6.11. The third-order valence-corrected chi connectivity index (χ3v) is 3.43. The fourth-order valence-electron chi connectivity index (χ4n) is 1.74. The van der Waals surface area contributed by atoms with E-state index in [1.165, 1.54) is 14.0 Å². The van der Waals surface area contributed by atoms with Crippen LogP contribution in [0.25, 0.3) is 0 Å². The zero-order chi connectivity index (χ0) is 15.4. The van der Waals surface area contributed by atoms with Crippen molar-refractivity contribution in [3.63, 3.8) is 0 Å². The highest BCUT2D eigenvalue weighted by atomic mass is 79.9. The molecule has 5 heteroatoms. The van der Waals surface area contributed by atoms with Crippen molar-refractivity contribution in [3.05, 3.63) is 52.0 Å². The molecule has 0 amide bonds. The molecular formula is C16H12BrNO3. The standard InChI is InChI=1S/C16H12BrNO3/c1-10(19)12-3-4-16(15(17)7-12)21-14-6-11(9-18)5-13(8-14)20-2/h3-8H,1-2H3. The minimum atomic E-state index is -0.0182. The molecule has 2 aromatic carbocycles. The molecule has 0 bridgehead atoms. The Kier molecular flexibility index (Phi) is 4.61. The molecule has 0 fully saturated rings. The highest BCUT2D eigenvalue weighted by Gasteiger charge is 2.08. The van der Waals surface area contributed by atoms with E-state index in [0.29, 0.717) is 32.8 Å². The number of nitrogens with zero attached hydrogens (tertiary/aromatic N) is 1. The lowest BCUT2D eigenvalue weighted by molar-refractivity contribution is 0.101. The summed E-state index contributed by atoms with van der Waals surface area (Å²) in [5.74, 6) is 1.57. The first-order valence-corrected chi connectivity index (χ1v) is 6.90. The molecule has 2 rings (SSSR count). The zero-order valence-electron chi connectivity index (χ0n) is 11.5. The van der Waals surface area contributed by atoms with Crippen LogP contribution in [0, 0.1) is 11.3 Å². The van der Waals surface area contributed by atoms with Crippen molar-refractivity contribution < 1.29 is 14.3 Å². The maximum atomic E-state index is 11.3. The topological polar surface area (TPSA) is 59.3 Å². The van der Waals surface area contributed by atoms with Crippen LogP contribution in [0.3, 0.4) is 0 Å². The Labute approximate surface area is 131 Å². The van der Waals surface area contributed by atoms with E-state index in [1.807, 2.05) is 0 Å². The van der Waals surface area contributed by atoms with Crippen LogP contribution >= 0.6 is 15.9 Å². The second-order valence-corrected chi connectivity index (χ2v) is 5.17. The minimum absolute atomic E-state index is 0.0182. The summed E-state index contributed by atoms with van der Waals surface area (Å²) in [5, 5.41) is 8.99. The van der Waals surface area contributed by atoms with Crippen LogP contribution in [0.4, 0.5) is 0 Å². The second kappa shape index (κ2) is 6.42. The van der Waals surface area contributed by atoms with Crippen LogP contribution in [0.1, 0.15) is 22.8 Å². The molecule has 0 aliphatic heterocycles. The van der Waals surface area contributed by atoms with Crippen molar-refractivity contribution in [2.24, 2.45) is 0 Å². The molecule has 0 aliphatic rings. The van der Waals surface area contributed by atoms with Gasteiger partial charge in [-0.15, -0.1) is 0 Å². The lowest BCUT2D eigenvalue weighted by Gasteiger charge is -2.10. The van der Waals surface area contributed by atoms with Gasteiger partial charge in [-0.25, -0.2) is 0 Å². The van der Waals surface area contributed by atoms with Crippen molar-refractivity contribution in [2.75, 3.05) is 7.11 Å². The number of ketones is 1. The highest BCUT2D eigenvalue weighted by Crippen LogP contribution is 2.32. The van der Waals surface area contributed by atoms with E-state index in [0.717, 1.165) is 0 Å². The molecule has 4 nitrogen and oxygen atoms in total. The Morgan fingerprint density at radius 2 is 1.90 bits per heavy atom. The molecule has 0 N–H and O–H groups in total. The van der Waals surface area contributed by atoms with E-state index in [-0.39, 0.29) is 5.78 Å². The fraction of sp³-hybridized carbons (Fsp3) is 0.125. The summed E-state index contributed by atoms with van der Waals surface area (Å²) in [7, 11) is 1.53. The third kappa shape index (κ3) is 3.61. The largest absolute Gasteiger partial charge is 0.497 e. The van der Waals surface area contributed by atoms with E-state index < -0.39 is 0 Å². The Morgan fingerprint density at radius 3 is 2.48 bits per heavy atom. The minimum Gasteiger partial charge on any atom is -0.497 e. The van der Waals surface area contributed by atoms with Crippen molar-refractivity contribution in [2.45, 2.75) is 6.92 Å². The number of rotatable bonds is 4. The van der Waals surface area contributed by atoms with Gasteiger partial charge in [-0.3, -0.25) is 4.79 Å². The van der Waals surface area contributed by atoms with Gasteiger partial charge in [-0.05, 0) is 53.2 Å². The van der Waals surface area contributed by atoms with Crippen molar-refractivity contribution in [1.82, 2.24) is 0 Å². The average molecular weight is 346 g/mol. The highest BCUT2D eigenvalue weighted by molar-refractivity contribution is 9.10. The molecule has 0 spiro atoms. The van der Waals surface area contributed by atoms with Gasteiger partial charge < -0.3 is 9.47 Å². The van der Waals surface area contributed by atoms with E-state index in [2.05, 4.69) is 22.0 Å². The van der Waals surface area contributed by atoms with E-state index >= 15 is 0 Å². The number of carbonyl (C=O) groups is 1. The molecule has 0 unspecified atom stereocenters. The van der Waals surface area contributed by atoms with Crippen LogP contribution < -0.4 is 9.47 Å². The average Bonchev–Trinajstić information content (AvgIpc) is 2.48. The van der Waals surface area contributed by atoms with Crippen molar-refractivity contribution >= 4 is 21.7 Å². The van der Waals surface area contributed by atoms with Crippen LogP contribution in [0.5, 0.6) is 17.2 Å². The van der Waals surface area contributed by atoms with Gasteiger partial charge in [-0.2, -0.15) is 5.26 Å². The second-order valence-electron chi connectivity index (χ2n) is 4.31. The first-order chi connectivity index (χ1) is 10.0. The summed E-state index contributed by atoms with van der Waals surface area (Å²) in [5.41, 5.74) is 1.04. The molecule has 0 aromatic heterocycles. The van der Waals surface area contributed by atoms with Gasteiger partial charge in [0.05, 0.1) is 23.2 Å². The first kappa shape index (κ1) is 15.1. The number of methoxy groups -OCH3 is 1. The van der Waals surface area contributed by atoms with Crippen LogP contribution in [0.2, 0.25) is 0 Å². The van der Waals surface area contributed by atoms with Crippen LogP contribution in [0.15, 0.2) is 40.9 Å². The maximum Gasteiger partial charge on any atom is 0.159 e. The molecule has 21 heavy (non-hydrogen) atoms. The Bertz CT molecular complexity index is 735. The normalized spacial score (nSPS) is 9.81. The summed E-state index contributed by atoms with van der Waals surface area (Å²) in [4.78, 5) is 11.3. The number of ether oxygens (including phenoxy) is 2. The molecule has 0 atom stereocenters. The molecule has 2 aromatic rings. The van der Waals surface area contributed by atoms with Gasteiger partial charge >= 0.3 is 0 Å². The number of hydrogen-bond acceptors (Lipinski definition) is 4. The smallest absolute Gasteiger partial charge is 0.159 e. The molecule has 0 aliphatic carbocycles. The predicted octanol–water partition coefficient (Wildman–Crippen LogP) is 4.32. The number of halogens is 1. The summed E-state index contributed by atoms with van der Waals surface area (Å²) in [6.45, 7) is 1.50. The Balaban J connectivity index is 2.34. The molecule has 106 valence electrons. The molecule has 0 radical (unpaired) electrons. The SMILES string of the molecule is COc1cc(C#N)cc(Oc2ccc(C(C)=O)cc2Br)c1. The quantitative estimate of drug-likeness (QED) is 0.774. The number of hydrogen-bond donors (Lipinski definition) is 0. The van der Waals surface area contributed by atoms with E-state index in [4.69, 9.17) is 14.7 Å². The number of Topliss-reactive ketones (excluding diaryl/α,β-unsaturated/α-hetero) is 1.